The van der Waals surface area contributed by atoms with Crippen LogP contribution in [0, 0.1) is 12.7 Å². The number of rotatable bonds is 2. The van der Waals surface area contributed by atoms with Crippen LogP contribution in [-0.2, 0) is 0 Å². The molecule has 0 saturated carbocycles. The van der Waals surface area contributed by atoms with E-state index < -0.39 is 0 Å². The lowest BCUT2D eigenvalue weighted by atomic mass is 9.99. The fourth-order valence-corrected chi connectivity index (χ4v) is 2.38. The van der Waals surface area contributed by atoms with E-state index in [1.54, 1.807) is 6.07 Å². The number of fused-ring (bicyclic) bond motifs is 1. The number of hydrogen-bond donors (Lipinski definition) is 1. The van der Waals surface area contributed by atoms with Gasteiger partial charge < -0.3 is 15.2 Å². The Balaban J connectivity index is 1.83. The molecule has 104 valence electrons. The van der Waals surface area contributed by atoms with Crippen LogP contribution in [0.5, 0.6) is 11.5 Å². The first kappa shape index (κ1) is 12.9. The summed E-state index contributed by atoms with van der Waals surface area (Å²) in [4.78, 5) is 0. The molecule has 0 aromatic heterocycles. The summed E-state index contributed by atoms with van der Waals surface area (Å²) in [5, 5.41) is 0. The van der Waals surface area contributed by atoms with Gasteiger partial charge in [-0.3, -0.25) is 0 Å². The average Bonchev–Trinajstić information content (AvgIpc) is 2.45. The molecular weight excluding hydrogens is 257 g/mol. The van der Waals surface area contributed by atoms with Gasteiger partial charge in [0.25, 0.3) is 0 Å². The highest BCUT2D eigenvalue weighted by Gasteiger charge is 2.29. The molecule has 4 heteroatoms. The van der Waals surface area contributed by atoms with Gasteiger partial charge in [0, 0.05) is 5.56 Å². The van der Waals surface area contributed by atoms with Crippen molar-refractivity contribution in [1.29, 1.82) is 0 Å². The van der Waals surface area contributed by atoms with Gasteiger partial charge in [0.1, 0.15) is 23.9 Å². The van der Waals surface area contributed by atoms with E-state index in [4.69, 9.17) is 15.2 Å². The molecule has 3 rings (SSSR count). The van der Waals surface area contributed by atoms with Crippen LogP contribution >= 0.6 is 0 Å². The lowest BCUT2D eigenvalue weighted by molar-refractivity contribution is 0.0871. The van der Waals surface area contributed by atoms with E-state index in [0.29, 0.717) is 12.4 Å². The zero-order valence-electron chi connectivity index (χ0n) is 11.2. The summed E-state index contributed by atoms with van der Waals surface area (Å²) in [5.41, 5.74) is 7.92. The van der Waals surface area contributed by atoms with Gasteiger partial charge in [0.15, 0.2) is 6.10 Å². The Morgan fingerprint density at radius 1 is 1.25 bits per heavy atom. The SMILES string of the molecule is Cc1cc(F)ccc1OC1COc2ccccc2C1N. The van der Waals surface area contributed by atoms with Crippen molar-refractivity contribution in [2.75, 3.05) is 6.61 Å². The Labute approximate surface area is 117 Å². The Hall–Kier alpha value is -2.07. The Kier molecular flexibility index (Phi) is 3.32. The maximum Gasteiger partial charge on any atom is 0.152 e. The molecular formula is C16H16FNO2. The highest BCUT2D eigenvalue weighted by atomic mass is 19.1. The van der Waals surface area contributed by atoms with E-state index in [2.05, 4.69) is 0 Å². The summed E-state index contributed by atoms with van der Waals surface area (Å²) in [6.07, 6.45) is -0.283. The smallest absolute Gasteiger partial charge is 0.152 e. The van der Waals surface area contributed by atoms with Crippen LogP contribution in [0.4, 0.5) is 4.39 Å². The number of nitrogens with two attached hydrogens (primary N) is 1. The molecule has 0 spiro atoms. The van der Waals surface area contributed by atoms with Crippen molar-refractivity contribution in [1.82, 2.24) is 0 Å². The zero-order chi connectivity index (χ0) is 14.1. The van der Waals surface area contributed by atoms with E-state index in [1.807, 2.05) is 31.2 Å². The molecule has 0 amide bonds. The molecule has 2 aromatic carbocycles. The van der Waals surface area contributed by atoms with Gasteiger partial charge in [-0.2, -0.15) is 0 Å². The van der Waals surface area contributed by atoms with Gasteiger partial charge in [0.05, 0.1) is 6.04 Å². The highest BCUT2D eigenvalue weighted by molar-refractivity contribution is 5.39. The molecule has 2 N–H and O–H groups in total. The lowest BCUT2D eigenvalue weighted by Crippen LogP contribution is -2.40. The molecule has 20 heavy (non-hydrogen) atoms. The van der Waals surface area contributed by atoms with Crippen molar-refractivity contribution in [2.24, 2.45) is 5.73 Å². The second kappa shape index (κ2) is 5.13. The van der Waals surface area contributed by atoms with Crippen molar-refractivity contribution in [2.45, 2.75) is 19.1 Å². The molecule has 3 nitrogen and oxygen atoms in total. The molecule has 2 unspecified atom stereocenters. The van der Waals surface area contributed by atoms with E-state index in [-0.39, 0.29) is 18.0 Å². The lowest BCUT2D eigenvalue weighted by Gasteiger charge is -2.31. The van der Waals surface area contributed by atoms with Crippen LogP contribution in [0.25, 0.3) is 0 Å². The largest absolute Gasteiger partial charge is 0.489 e. The zero-order valence-corrected chi connectivity index (χ0v) is 11.2. The number of hydrogen-bond acceptors (Lipinski definition) is 3. The fraction of sp³-hybridized carbons (Fsp3) is 0.250. The number of benzene rings is 2. The normalized spacial score (nSPS) is 20.9. The molecule has 2 atom stereocenters. The van der Waals surface area contributed by atoms with Crippen molar-refractivity contribution in [3.8, 4) is 11.5 Å². The minimum absolute atomic E-state index is 0.260. The van der Waals surface area contributed by atoms with Crippen LogP contribution in [-0.4, -0.2) is 12.7 Å². The van der Waals surface area contributed by atoms with Crippen molar-refractivity contribution >= 4 is 0 Å². The first-order chi connectivity index (χ1) is 9.65. The van der Waals surface area contributed by atoms with Gasteiger partial charge in [-0.25, -0.2) is 4.39 Å². The second-order valence-electron chi connectivity index (χ2n) is 4.94. The standard InChI is InChI=1S/C16H16FNO2/c1-10-8-11(17)6-7-13(10)20-15-9-19-14-5-3-2-4-12(14)16(15)18/h2-8,15-16H,9,18H2,1H3. The fourth-order valence-electron chi connectivity index (χ4n) is 2.38. The van der Waals surface area contributed by atoms with E-state index in [1.165, 1.54) is 12.1 Å². The second-order valence-corrected chi connectivity index (χ2v) is 4.94. The molecule has 1 aliphatic heterocycles. The molecule has 0 radical (unpaired) electrons. The average molecular weight is 273 g/mol. The number of ether oxygens (including phenoxy) is 2. The van der Waals surface area contributed by atoms with Crippen molar-refractivity contribution in [3.63, 3.8) is 0 Å². The maximum absolute atomic E-state index is 13.1. The monoisotopic (exact) mass is 273 g/mol. The van der Waals surface area contributed by atoms with Crippen molar-refractivity contribution in [3.05, 3.63) is 59.4 Å². The van der Waals surface area contributed by atoms with E-state index in [0.717, 1.165) is 16.9 Å². The van der Waals surface area contributed by atoms with Crippen molar-refractivity contribution < 1.29 is 13.9 Å². The summed E-state index contributed by atoms with van der Waals surface area (Å²) >= 11 is 0. The summed E-state index contributed by atoms with van der Waals surface area (Å²) in [6.45, 7) is 2.19. The Morgan fingerprint density at radius 3 is 2.85 bits per heavy atom. The van der Waals surface area contributed by atoms with Crippen LogP contribution in [0.2, 0.25) is 0 Å². The minimum Gasteiger partial charge on any atom is -0.489 e. The van der Waals surface area contributed by atoms with Gasteiger partial charge in [-0.15, -0.1) is 0 Å². The molecule has 0 aliphatic carbocycles. The molecule has 0 saturated heterocycles. The summed E-state index contributed by atoms with van der Waals surface area (Å²) < 4.78 is 24.7. The van der Waals surface area contributed by atoms with Gasteiger partial charge in [-0.1, -0.05) is 18.2 Å². The summed E-state index contributed by atoms with van der Waals surface area (Å²) in [6, 6.07) is 11.9. The van der Waals surface area contributed by atoms with Gasteiger partial charge >= 0.3 is 0 Å². The summed E-state index contributed by atoms with van der Waals surface area (Å²) in [5.74, 6) is 1.16. The third-order valence-electron chi connectivity index (χ3n) is 3.50. The van der Waals surface area contributed by atoms with Crippen LogP contribution in [0.3, 0.4) is 0 Å². The molecule has 0 fully saturated rings. The highest BCUT2D eigenvalue weighted by Crippen LogP contribution is 2.33. The van der Waals surface area contributed by atoms with Crippen LogP contribution in [0.15, 0.2) is 42.5 Å². The number of halogens is 1. The third-order valence-corrected chi connectivity index (χ3v) is 3.50. The van der Waals surface area contributed by atoms with Crippen LogP contribution in [0.1, 0.15) is 17.2 Å². The first-order valence-corrected chi connectivity index (χ1v) is 6.55. The third kappa shape index (κ3) is 2.34. The quantitative estimate of drug-likeness (QED) is 0.915. The topological polar surface area (TPSA) is 44.5 Å². The predicted molar refractivity (Wildman–Crippen MR) is 74.4 cm³/mol. The maximum atomic E-state index is 13.1. The van der Waals surface area contributed by atoms with E-state index >= 15 is 0 Å². The number of para-hydroxylation sites is 1. The number of aryl methyl sites for hydroxylation is 1. The van der Waals surface area contributed by atoms with E-state index in [9.17, 15) is 4.39 Å². The molecule has 2 aromatic rings. The molecule has 1 aliphatic rings. The minimum atomic E-state index is -0.283. The predicted octanol–water partition coefficient (Wildman–Crippen LogP) is 2.97. The van der Waals surface area contributed by atoms with Gasteiger partial charge in [0.2, 0.25) is 0 Å². The molecule has 0 bridgehead atoms. The van der Waals surface area contributed by atoms with Gasteiger partial charge in [-0.05, 0) is 36.8 Å². The first-order valence-electron chi connectivity index (χ1n) is 6.55. The Bertz CT molecular complexity index is 630. The molecule has 1 heterocycles. The summed E-state index contributed by atoms with van der Waals surface area (Å²) in [7, 11) is 0. The Morgan fingerprint density at radius 2 is 2.05 bits per heavy atom. The van der Waals surface area contributed by atoms with Crippen LogP contribution < -0.4 is 15.2 Å².